The molecular formula is C11H12FN5O2S. The highest BCUT2D eigenvalue weighted by Gasteiger charge is 2.30. The first kappa shape index (κ1) is 13.0. The van der Waals surface area contributed by atoms with Crippen molar-refractivity contribution < 1.29 is 12.8 Å². The van der Waals surface area contributed by atoms with Gasteiger partial charge in [-0.3, -0.25) is 0 Å². The van der Waals surface area contributed by atoms with Crippen LogP contribution in [0, 0.1) is 5.82 Å². The normalized spacial score (nSPS) is 16.1. The summed E-state index contributed by atoms with van der Waals surface area (Å²) in [6.07, 6.45) is 1.56. The van der Waals surface area contributed by atoms with Crippen LogP contribution in [-0.4, -0.2) is 34.0 Å². The van der Waals surface area contributed by atoms with E-state index in [4.69, 9.17) is 5.73 Å². The molecule has 0 bridgehead atoms. The summed E-state index contributed by atoms with van der Waals surface area (Å²) in [6, 6.07) is 3.26. The number of anilines is 1. The summed E-state index contributed by atoms with van der Waals surface area (Å²) in [4.78, 5) is -0.0909. The summed E-state index contributed by atoms with van der Waals surface area (Å²) in [5, 5.41) is 7.61. The molecule has 7 nitrogen and oxygen atoms in total. The van der Waals surface area contributed by atoms with E-state index in [1.54, 1.807) is 10.9 Å². The van der Waals surface area contributed by atoms with Crippen molar-refractivity contribution >= 4 is 15.7 Å². The van der Waals surface area contributed by atoms with Crippen LogP contribution >= 0.6 is 0 Å². The van der Waals surface area contributed by atoms with Gasteiger partial charge in [0.1, 0.15) is 22.9 Å². The molecule has 0 spiro atoms. The van der Waals surface area contributed by atoms with Crippen LogP contribution in [0.5, 0.6) is 0 Å². The molecule has 0 saturated heterocycles. The van der Waals surface area contributed by atoms with Crippen LogP contribution in [-0.2, 0) is 23.1 Å². The van der Waals surface area contributed by atoms with Crippen molar-refractivity contribution in [3.8, 4) is 0 Å². The largest absolute Gasteiger partial charge is 0.398 e. The maximum absolute atomic E-state index is 13.0. The molecule has 20 heavy (non-hydrogen) atoms. The number of nitrogens with two attached hydrogens (primary N) is 1. The fourth-order valence-corrected chi connectivity index (χ4v) is 3.63. The van der Waals surface area contributed by atoms with Crippen molar-refractivity contribution in [3.05, 3.63) is 36.2 Å². The van der Waals surface area contributed by atoms with Crippen LogP contribution in [0.25, 0.3) is 0 Å². The van der Waals surface area contributed by atoms with E-state index >= 15 is 0 Å². The summed E-state index contributed by atoms with van der Waals surface area (Å²) < 4.78 is 41.1. The van der Waals surface area contributed by atoms with E-state index < -0.39 is 15.8 Å². The van der Waals surface area contributed by atoms with Crippen LogP contribution in [0.15, 0.2) is 29.4 Å². The molecule has 2 aromatic rings. The molecule has 0 fully saturated rings. The molecule has 2 N–H and O–H groups in total. The molecule has 106 valence electrons. The van der Waals surface area contributed by atoms with Gasteiger partial charge in [-0.25, -0.2) is 12.8 Å². The fraction of sp³-hybridized carbons (Fsp3) is 0.273. The summed E-state index contributed by atoms with van der Waals surface area (Å²) >= 11 is 0. The van der Waals surface area contributed by atoms with Crippen molar-refractivity contribution in [1.29, 1.82) is 0 Å². The van der Waals surface area contributed by atoms with E-state index in [0.717, 1.165) is 12.1 Å². The van der Waals surface area contributed by atoms with E-state index in [0.29, 0.717) is 18.9 Å². The Balaban J connectivity index is 1.97. The highest BCUT2D eigenvalue weighted by Crippen LogP contribution is 2.25. The van der Waals surface area contributed by atoms with Gasteiger partial charge in [-0.05, 0) is 18.2 Å². The predicted molar refractivity (Wildman–Crippen MR) is 68.4 cm³/mol. The summed E-state index contributed by atoms with van der Waals surface area (Å²) in [7, 11) is -3.77. The second kappa shape index (κ2) is 4.53. The van der Waals surface area contributed by atoms with Gasteiger partial charge in [0.2, 0.25) is 10.0 Å². The molecule has 0 amide bonds. The molecule has 1 aromatic heterocycles. The van der Waals surface area contributed by atoms with E-state index in [1.165, 1.54) is 10.4 Å². The lowest BCUT2D eigenvalue weighted by atomic mass is 10.3. The Morgan fingerprint density at radius 2 is 2.10 bits per heavy atom. The Bertz CT molecular complexity index is 758. The zero-order chi connectivity index (χ0) is 14.3. The number of hydrogen-bond acceptors (Lipinski definition) is 5. The lowest BCUT2D eigenvalue weighted by molar-refractivity contribution is 0.335. The van der Waals surface area contributed by atoms with Gasteiger partial charge in [0.25, 0.3) is 0 Å². The van der Waals surface area contributed by atoms with E-state index in [1.807, 2.05) is 0 Å². The number of hydrogen-bond donors (Lipinski definition) is 1. The monoisotopic (exact) mass is 297 g/mol. The second-order valence-electron chi connectivity index (χ2n) is 4.46. The van der Waals surface area contributed by atoms with Crippen molar-refractivity contribution in [2.75, 3.05) is 12.3 Å². The first-order valence-electron chi connectivity index (χ1n) is 5.90. The van der Waals surface area contributed by atoms with Crippen molar-refractivity contribution in [1.82, 2.24) is 19.1 Å². The van der Waals surface area contributed by atoms with Crippen LogP contribution in [0.4, 0.5) is 10.1 Å². The quantitative estimate of drug-likeness (QED) is 0.799. The summed E-state index contributed by atoms with van der Waals surface area (Å²) in [5.74, 6) is 0.000320. The van der Waals surface area contributed by atoms with Crippen molar-refractivity contribution in [3.63, 3.8) is 0 Å². The first-order chi connectivity index (χ1) is 9.48. The molecule has 0 unspecified atom stereocenters. The zero-order valence-electron chi connectivity index (χ0n) is 10.4. The molecule has 0 radical (unpaired) electrons. The number of nitrogen functional groups attached to an aromatic ring is 1. The second-order valence-corrected chi connectivity index (χ2v) is 6.37. The third-order valence-electron chi connectivity index (χ3n) is 3.19. The summed E-state index contributed by atoms with van der Waals surface area (Å²) in [5.41, 5.74) is 5.51. The standard InChI is InChI=1S/C11H12FN5O2S/c12-8-1-2-10(9(13)5-8)20(18,19)17-4-3-16-7-14-15-11(16)6-17/h1-2,5,7H,3-4,6,13H2. The summed E-state index contributed by atoms with van der Waals surface area (Å²) in [6.45, 7) is 0.895. The third-order valence-corrected chi connectivity index (χ3v) is 5.11. The molecular weight excluding hydrogens is 285 g/mol. The lowest BCUT2D eigenvalue weighted by Crippen LogP contribution is -2.38. The molecule has 0 atom stereocenters. The predicted octanol–water partition coefficient (Wildman–Crippen LogP) is 0.204. The molecule has 9 heteroatoms. The van der Waals surface area contributed by atoms with Gasteiger partial charge < -0.3 is 10.3 Å². The fourth-order valence-electron chi connectivity index (χ4n) is 2.14. The number of sulfonamides is 1. The van der Waals surface area contributed by atoms with Gasteiger partial charge in [0, 0.05) is 13.1 Å². The van der Waals surface area contributed by atoms with Gasteiger partial charge in [0.15, 0.2) is 0 Å². The smallest absolute Gasteiger partial charge is 0.245 e. The highest BCUT2D eigenvalue weighted by molar-refractivity contribution is 7.89. The van der Waals surface area contributed by atoms with Crippen LogP contribution in [0.2, 0.25) is 0 Å². The minimum Gasteiger partial charge on any atom is -0.398 e. The third kappa shape index (κ3) is 2.04. The minimum atomic E-state index is -3.77. The average molecular weight is 297 g/mol. The molecule has 1 aliphatic heterocycles. The SMILES string of the molecule is Nc1cc(F)ccc1S(=O)(=O)N1CCn2cnnc2C1. The highest BCUT2D eigenvalue weighted by atomic mass is 32.2. The number of benzene rings is 1. The minimum absolute atomic E-state index is 0.0909. The van der Waals surface area contributed by atoms with Gasteiger partial charge >= 0.3 is 0 Å². The number of nitrogens with zero attached hydrogens (tertiary/aromatic N) is 4. The average Bonchev–Trinajstić information content (AvgIpc) is 2.85. The Hall–Kier alpha value is -2.00. The number of fused-ring (bicyclic) bond motifs is 1. The number of aromatic nitrogens is 3. The topological polar surface area (TPSA) is 94.1 Å². The van der Waals surface area contributed by atoms with Crippen LogP contribution < -0.4 is 5.73 Å². The van der Waals surface area contributed by atoms with Gasteiger partial charge in [0.05, 0.1) is 12.2 Å². The molecule has 0 aliphatic carbocycles. The zero-order valence-corrected chi connectivity index (χ0v) is 11.2. The van der Waals surface area contributed by atoms with Gasteiger partial charge in [-0.1, -0.05) is 0 Å². The molecule has 0 saturated carbocycles. The maximum Gasteiger partial charge on any atom is 0.245 e. The number of rotatable bonds is 2. The van der Waals surface area contributed by atoms with Crippen molar-refractivity contribution in [2.45, 2.75) is 18.0 Å². The Morgan fingerprint density at radius 1 is 1.30 bits per heavy atom. The maximum atomic E-state index is 13.0. The van der Waals surface area contributed by atoms with Crippen molar-refractivity contribution in [2.24, 2.45) is 0 Å². The van der Waals surface area contributed by atoms with Crippen LogP contribution in [0.3, 0.4) is 0 Å². The van der Waals surface area contributed by atoms with Gasteiger partial charge in [-0.15, -0.1) is 10.2 Å². The first-order valence-corrected chi connectivity index (χ1v) is 7.34. The van der Waals surface area contributed by atoms with Crippen LogP contribution in [0.1, 0.15) is 5.82 Å². The number of halogens is 1. The van der Waals surface area contributed by atoms with Gasteiger partial charge in [-0.2, -0.15) is 4.31 Å². The van der Waals surface area contributed by atoms with E-state index in [-0.39, 0.29) is 17.1 Å². The Morgan fingerprint density at radius 3 is 2.85 bits per heavy atom. The molecule has 1 aliphatic rings. The van der Waals surface area contributed by atoms with E-state index in [9.17, 15) is 12.8 Å². The Labute approximate surface area is 114 Å². The molecule has 2 heterocycles. The molecule has 3 rings (SSSR count). The lowest BCUT2D eigenvalue weighted by Gasteiger charge is -2.26. The van der Waals surface area contributed by atoms with E-state index in [2.05, 4.69) is 10.2 Å². The Kier molecular flexibility index (Phi) is 2.94. The molecule has 1 aromatic carbocycles.